The minimum Gasteiger partial charge on any atom is -0.350 e. The SMILES string of the molecule is Cc1nn(C)cc1CNC(=O)C(C)(C)n1cc([N+](=O)[O-])cn1. The Hall–Kier alpha value is -2.71. The standard InChI is InChI=1S/C13H18N6O3/c1-9-10(7-17(4)16-9)5-14-12(20)13(2,3)18-8-11(6-15-18)19(21)22/h6-8H,5H2,1-4H3,(H,14,20). The number of aryl methyl sites for hydroxylation is 2. The van der Waals surface area contributed by atoms with E-state index in [1.54, 1.807) is 18.5 Å². The predicted octanol–water partition coefficient (Wildman–Crippen LogP) is 0.885. The first kappa shape index (κ1) is 15.7. The topological polar surface area (TPSA) is 108 Å². The molecule has 0 aliphatic heterocycles. The molecule has 0 aromatic carbocycles. The van der Waals surface area contributed by atoms with Crippen LogP contribution in [0.3, 0.4) is 0 Å². The molecule has 9 heteroatoms. The number of nitro groups is 1. The second kappa shape index (κ2) is 5.58. The second-order valence-electron chi connectivity index (χ2n) is 5.56. The van der Waals surface area contributed by atoms with Gasteiger partial charge in [-0.3, -0.25) is 24.3 Å². The summed E-state index contributed by atoms with van der Waals surface area (Å²) in [4.78, 5) is 22.5. The normalized spacial score (nSPS) is 11.5. The zero-order chi connectivity index (χ0) is 16.5. The van der Waals surface area contributed by atoms with Crippen molar-refractivity contribution in [2.24, 2.45) is 7.05 Å². The van der Waals surface area contributed by atoms with Crippen molar-refractivity contribution < 1.29 is 9.72 Å². The third-order valence-electron chi connectivity index (χ3n) is 3.46. The molecule has 0 radical (unpaired) electrons. The Labute approximate surface area is 127 Å². The lowest BCUT2D eigenvalue weighted by atomic mass is 10.0. The minimum absolute atomic E-state index is 0.149. The number of hydrogen-bond acceptors (Lipinski definition) is 5. The highest BCUT2D eigenvalue weighted by molar-refractivity contribution is 5.83. The molecule has 0 saturated heterocycles. The van der Waals surface area contributed by atoms with Crippen LogP contribution in [-0.4, -0.2) is 30.4 Å². The van der Waals surface area contributed by atoms with Crippen LogP contribution >= 0.6 is 0 Å². The third-order valence-corrected chi connectivity index (χ3v) is 3.46. The van der Waals surface area contributed by atoms with Gasteiger partial charge in [-0.05, 0) is 20.8 Å². The Morgan fingerprint density at radius 3 is 2.64 bits per heavy atom. The molecule has 118 valence electrons. The summed E-state index contributed by atoms with van der Waals surface area (Å²) >= 11 is 0. The number of carbonyl (C=O) groups excluding carboxylic acids is 1. The average Bonchev–Trinajstić information content (AvgIpc) is 3.03. The van der Waals surface area contributed by atoms with Crippen LogP contribution in [0, 0.1) is 17.0 Å². The highest BCUT2D eigenvalue weighted by Crippen LogP contribution is 2.19. The molecule has 22 heavy (non-hydrogen) atoms. The molecule has 0 aliphatic rings. The summed E-state index contributed by atoms with van der Waals surface area (Å²) in [7, 11) is 1.81. The van der Waals surface area contributed by atoms with E-state index in [2.05, 4.69) is 15.5 Å². The van der Waals surface area contributed by atoms with Crippen molar-refractivity contribution in [2.45, 2.75) is 32.9 Å². The summed E-state index contributed by atoms with van der Waals surface area (Å²) in [5, 5.41) is 21.6. The highest BCUT2D eigenvalue weighted by atomic mass is 16.6. The molecule has 9 nitrogen and oxygen atoms in total. The zero-order valence-electron chi connectivity index (χ0n) is 12.9. The lowest BCUT2D eigenvalue weighted by molar-refractivity contribution is -0.385. The molecule has 2 heterocycles. The summed E-state index contributed by atoms with van der Waals surface area (Å²) in [5.74, 6) is -0.284. The van der Waals surface area contributed by atoms with Gasteiger partial charge in [0.25, 0.3) is 0 Å². The monoisotopic (exact) mass is 306 g/mol. The minimum atomic E-state index is -1.04. The van der Waals surface area contributed by atoms with Crippen molar-refractivity contribution in [2.75, 3.05) is 0 Å². The second-order valence-corrected chi connectivity index (χ2v) is 5.56. The molecule has 0 atom stereocenters. The summed E-state index contributed by atoms with van der Waals surface area (Å²) in [6.07, 6.45) is 4.20. The van der Waals surface area contributed by atoms with E-state index in [0.717, 1.165) is 17.5 Å². The highest BCUT2D eigenvalue weighted by Gasteiger charge is 2.31. The molecule has 0 saturated carbocycles. The van der Waals surface area contributed by atoms with Gasteiger partial charge in [0, 0.05) is 25.4 Å². The zero-order valence-corrected chi connectivity index (χ0v) is 12.9. The van der Waals surface area contributed by atoms with E-state index in [-0.39, 0.29) is 11.6 Å². The van der Waals surface area contributed by atoms with Crippen molar-refractivity contribution >= 4 is 11.6 Å². The van der Waals surface area contributed by atoms with E-state index in [4.69, 9.17) is 0 Å². The number of carbonyl (C=O) groups is 1. The third kappa shape index (κ3) is 2.97. The van der Waals surface area contributed by atoms with Crippen LogP contribution in [0.2, 0.25) is 0 Å². The molecule has 0 spiro atoms. The molecule has 0 fully saturated rings. The average molecular weight is 306 g/mol. The Morgan fingerprint density at radius 1 is 1.45 bits per heavy atom. The van der Waals surface area contributed by atoms with Crippen molar-refractivity contribution in [1.82, 2.24) is 24.9 Å². The van der Waals surface area contributed by atoms with Gasteiger partial charge in [-0.25, -0.2) is 0 Å². The number of rotatable bonds is 5. The quantitative estimate of drug-likeness (QED) is 0.651. The van der Waals surface area contributed by atoms with Crippen LogP contribution in [0.15, 0.2) is 18.6 Å². The molecule has 2 aromatic rings. The smallest absolute Gasteiger partial charge is 0.307 e. The molecule has 0 aliphatic carbocycles. The first-order chi connectivity index (χ1) is 10.2. The first-order valence-electron chi connectivity index (χ1n) is 6.69. The van der Waals surface area contributed by atoms with E-state index < -0.39 is 10.5 Å². The molecule has 0 unspecified atom stereocenters. The van der Waals surface area contributed by atoms with Crippen LogP contribution in [0.1, 0.15) is 25.1 Å². The largest absolute Gasteiger partial charge is 0.350 e. The van der Waals surface area contributed by atoms with Gasteiger partial charge in [-0.2, -0.15) is 10.2 Å². The molecule has 2 rings (SSSR count). The molecular weight excluding hydrogens is 288 g/mol. The summed E-state index contributed by atoms with van der Waals surface area (Å²) in [5.41, 5.74) is 0.571. The van der Waals surface area contributed by atoms with Crippen molar-refractivity contribution in [3.8, 4) is 0 Å². The fourth-order valence-electron chi connectivity index (χ4n) is 2.03. The first-order valence-corrected chi connectivity index (χ1v) is 6.69. The number of amides is 1. The van der Waals surface area contributed by atoms with Gasteiger partial charge >= 0.3 is 5.69 Å². The Balaban J connectivity index is 2.09. The van der Waals surface area contributed by atoms with Crippen LogP contribution < -0.4 is 5.32 Å². The van der Waals surface area contributed by atoms with Gasteiger partial charge in [0.05, 0.1) is 10.6 Å². The lowest BCUT2D eigenvalue weighted by Crippen LogP contribution is -2.44. The van der Waals surface area contributed by atoms with Gasteiger partial charge < -0.3 is 5.32 Å². The van der Waals surface area contributed by atoms with E-state index in [1.807, 2.05) is 20.2 Å². The van der Waals surface area contributed by atoms with E-state index >= 15 is 0 Å². The van der Waals surface area contributed by atoms with Gasteiger partial charge in [0.15, 0.2) is 0 Å². The molecular formula is C13H18N6O3. The van der Waals surface area contributed by atoms with Crippen molar-refractivity contribution in [3.63, 3.8) is 0 Å². The lowest BCUT2D eigenvalue weighted by Gasteiger charge is -2.23. The molecule has 1 N–H and O–H groups in total. The van der Waals surface area contributed by atoms with Crippen LogP contribution in [0.4, 0.5) is 5.69 Å². The van der Waals surface area contributed by atoms with Crippen LogP contribution in [0.5, 0.6) is 0 Å². The van der Waals surface area contributed by atoms with Crippen LogP contribution in [-0.2, 0) is 23.9 Å². The van der Waals surface area contributed by atoms with Crippen molar-refractivity contribution in [3.05, 3.63) is 40.0 Å². The summed E-state index contributed by atoms with van der Waals surface area (Å²) in [6.45, 7) is 5.50. The number of nitrogens with one attached hydrogen (secondary N) is 1. The van der Waals surface area contributed by atoms with Gasteiger partial charge in [0.1, 0.15) is 17.9 Å². The van der Waals surface area contributed by atoms with Crippen molar-refractivity contribution in [1.29, 1.82) is 0 Å². The Kier molecular flexibility index (Phi) is 3.98. The maximum Gasteiger partial charge on any atom is 0.307 e. The Bertz CT molecular complexity index is 715. The fraction of sp³-hybridized carbons (Fsp3) is 0.462. The summed E-state index contributed by atoms with van der Waals surface area (Å²) in [6, 6.07) is 0. The maximum absolute atomic E-state index is 12.4. The van der Waals surface area contributed by atoms with Gasteiger partial charge in [0.2, 0.25) is 5.91 Å². The van der Waals surface area contributed by atoms with Crippen LogP contribution in [0.25, 0.3) is 0 Å². The van der Waals surface area contributed by atoms with E-state index in [1.165, 1.54) is 10.9 Å². The molecule has 2 aromatic heterocycles. The van der Waals surface area contributed by atoms with Gasteiger partial charge in [-0.1, -0.05) is 0 Å². The number of aromatic nitrogens is 4. The molecule has 1 amide bonds. The van der Waals surface area contributed by atoms with Gasteiger partial charge in [-0.15, -0.1) is 0 Å². The Morgan fingerprint density at radius 2 is 2.14 bits per heavy atom. The maximum atomic E-state index is 12.4. The van der Waals surface area contributed by atoms with E-state index in [9.17, 15) is 14.9 Å². The fourth-order valence-corrected chi connectivity index (χ4v) is 2.03. The van der Waals surface area contributed by atoms with E-state index in [0.29, 0.717) is 6.54 Å². The molecule has 0 bridgehead atoms. The number of hydrogen-bond donors (Lipinski definition) is 1. The summed E-state index contributed by atoms with van der Waals surface area (Å²) < 4.78 is 2.97. The predicted molar refractivity (Wildman–Crippen MR) is 78.0 cm³/mol. The number of nitrogens with zero attached hydrogens (tertiary/aromatic N) is 5.